The Morgan fingerprint density at radius 3 is 2.24 bits per heavy atom. The highest BCUT2D eigenvalue weighted by atomic mass is 32.2. The maximum Gasteiger partial charge on any atom is 0.0920 e. The first-order valence-corrected chi connectivity index (χ1v) is 12.8. The average molecular weight is 410 g/mol. The summed E-state index contributed by atoms with van der Waals surface area (Å²) < 4.78 is 0. The summed E-state index contributed by atoms with van der Waals surface area (Å²) in [7, 11) is 0. The molecule has 4 heteroatoms. The molecule has 2 heterocycles. The molecule has 0 N–H and O–H groups in total. The summed E-state index contributed by atoms with van der Waals surface area (Å²) in [5, 5.41) is 2.78. The van der Waals surface area contributed by atoms with E-state index in [1.54, 1.807) is 0 Å². The lowest BCUT2D eigenvalue weighted by atomic mass is 9.69. The van der Waals surface area contributed by atoms with Crippen molar-refractivity contribution in [2.24, 2.45) is 15.4 Å². The van der Waals surface area contributed by atoms with Crippen molar-refractivity contribution in [1.29, 1.82) is 0 Å². The first-order valence-electron chi connectivity index (χ1n) is 12.0. The van der Waals surface area contributed by atoms with Gasteiger partial charge in [0.05, 0.1) is 27.9 Å². The molecule has 156 valence electrons. The van der Waals surface area contributed by atoms with Crippen LogP contribution in [0.5, 0.6) is 0 Å². The molecule has 1 aromatic carbocycles. The van der Waals surface area contributed by atoms with E-state index in [-0.39, 0.29) is 5.41 Å². The maximum atomic E-state index is 5.46. The van der Waals surface area contributed by atoms with Crippen molar-refractivity contribution < 1.29 is 0 Å². The van der Waals surface area contributed by atoms with Gasteiger partial charge in [0.25, 0.3) is 0 Å². The summed E-state index contributed by atoms with van der Waals surface area (Å²) >= 11 is 1.96. The standard InChI is InChI=1S/C25H35N3S/c1-4-12-20(13-5-1)26-23-22(28-18-10-11-19-28)25(16-8-3-9-17-25)24(29-23)27-21-14-6-2-7-15-21/h2,6-7,14-15,20,22H,1,3-5,8-13,16-19H2. The zero-order valence-electron chi connectivity index (χ0n) is 17.7. The third-order valence-electron chi connectivity index (χ3n) is 7.51. The van der Waals surface area contributed by atoms with E-state index in [1.165, 1.54) is 100 Å². The van der Waals surface area contributed by atoms with Gasteiger partial charge in [-0.2, -0.15) is 0 Å². The van der Waals surface area contributed by atoms with E-state index in [2.05, 4.69) is 35.2 Å². The predicted molar refractivity (Wildman–Crippen MR) is 126 cm³/mol. The Balaban J connectivity index is 1.55. The van der Waals surface area contributed by atoms with E-state index >= 15 is 0 Å². The minimum atomic E-state index is 0.205. The fourth-order valence-corrected chi connectivity index (χ4v) is 7.58. The molecule has 1 atom stereocenters. The third-order valence-corrected chi connectivity index (χ3v) is 8.74. The van der Waals surface area contributed by atoms with Gasteiger partial charge in [0.2, 0.25) is 0 Å². The largest absolute Gasteiger partial charge is 0.293 e. The van der Waals surface area contributed by atoms with Gasteiger partial charge in [0.1, 0.15) is 0 Å². The minimum absolute atomic E-state index is 0.205. The van der Waals surface area contributed by atoms with E-state index in [1.807, 2.05) is 11.8 Å². The summed E-state index contributed by atoms with van der Waals surface area (Å²) in [5.41, 5.74) is 1.32. The molecule has 4 fully saturated rings. The van der Waals surface area contributed by atoms with Gasteiger partial charge < -0.3 is 0 Å². The van der Waals surface area contributed by atoms with Crippen molar-refractivity contribution in [3.8, 4) is 0 Å². The number of para-hydroxylation sites is 1. The third kappa shape index (κ3) is 4.07. The molecule has 5 rings (SSSR count). The van der Waals surface area contributed by atoms with Crippen molar-refractivity contribution in [1.82, 2.24) is 4.90 Å². The Hall–Kier alpha value is -1.13. The Kier molecular flexibility index (Phi) is 6.10. The Labute approximate surface area is 180 Å². The zero-order chi connectivity index (χ0) is 19.5. The quantitative estimate of drug-likeness (QED) is 0.562. The molecule has 29 heavy (non-hydrogen) atoms. The first-order chi connectivity index (χ1) is 14.4. The van der Waals surface area contributed by atoms with Gasteiger partial charge in [0, 0.05) is 5.41 Å². The van der Waals surface area contributed by atoms with Crippen LogP contribution in [0.15, 0.2) is 40.3 Å². The van der Waals surface area contributed by atoms with Crippen molar-refractivity contribution >= 4 is 27.5 Å². The fourth-order valence-electron chi connectivity index (χ4n) is 6.03. The molecule has 2 aliphatic heterocycles. The SMILES string of the molecule is c1ccc(N=C2SC(=NC3CCCCC3)C(N3CCCC3)C23CCCCC3)cc1. The maximum absolute atomic E-state index is 5.46. The highest BCUT2D eigenvalue weighted by Gasteiger charge is 2.55. The Morgan fingerprint density at radius 1 is 0.828 bits per heavy atom. The smallest absolute Gasteiger partial charge is 0.0920 e. The topological polar surface area (TPSA) is 28.0 Å². The summed E-state index contributed by atoms with van der Waals surface area (Å²) in [4.78, 5) is 13.5. The number of hydrogen-bond acceptors (Lipinski definition) is 4. The number of likely N-dealkylation sites (tertiary alicyclic amines) is 1. The molecule has 2 saturated carbocycles. The van der Waals surface area contributed by atoms with Crippen LogP contribution in [0.3, 0.4) is 0 Å². The van der Waals surface area contributed by atoms with E-state index in [0.717, 1.165) is 5.69 Å². The summed E-state index contributed by atoms with van der Waals surface area (Å²) in [6.45, 7) is 2.49. The van der Waals surface area contributed by atoms with Gasteiger partial charge in [-0.25, -0.2) is 4.99 Å². The van der Waals surface area contributed by atoms with Gasteiger partial charge in [-0.1, -0.05) is 68.5 Å². The van der Waals surface area contributed by atoms with Gasteiger partial charge in [-0.05, 0) is 63.7 Å². The lowest BCUT2D eigenvalue weighted by Crippen LogP contribution is -2.50. The molecule has 2 aliphatic carbocycles. The molecular weight excluding hydrogens is 374 g/mol. The molecule has 0 aromatic heterocycles. The van der Waals surface area contributed by atoms with Crippen LogP contribution in [0.4, 0.5) is 5.69 Å². The first kappa shape index (κ1) is 19.8. The van der Waals surface area contributed by atoms with Gasteiger partial charge in [-0.3, -0.25) is 9.89 Å². The fraction of sp³-hybridized carbons (Fsp3) is 0.680. The summed E-state index contributed by atoms with van der Waals surface area (Å²) in [6.07, 6.45) is 16.0. The van der Waals surface area contributed by atoms with E-state index in [0.29, 0.717) is 12.1 Å². The molecule has 2 saturated heterocycles. The normalized spacial score (nSPS) is 31.2. The Morgan fingerprint density at radius 2 is 1.52 bits per heavy atom. The molecule has 0 bridgehead atoms. The summed E-state index contributed by atoms with van der Waals surface area (Å²) in [5.74, 6) is 0. The van der Waals surface area contributed by atoms with Crippen LogP contribution in [0.2, 0.25) is 0 Å². The second-order valence-corrected chi connectivity index (χ2v) is 10.5. The number of rotatable bonds is 3. The van der Waals surface area contributed by atoms with Crippen LogP contribution in [0.25, 0.3) is 0 Å². The number of benzene rings is 1. The predicted octanol–water partition coefficient (Wildman–Crippen LogP) is 6.61. The molecule has 0 amide bonds. The number of aliphatic imine (C=N–C) groups is 2. The van der Waals surface area contributed by atoms with Crippen LogP contribution in [-0.2, 0) is 0 Å². The zero-order valence-corrected chi connectivity index (χ0v) is 18.5. The summed E-state index contributed by atoms with van der Waals surface area (Å²) in [6, 6.07) is 11.7. The van der Waals surface area contributed by atoms with E-state index in [4.69, 9.17) is 9.98 Å². The number of thioether (sulfide) groups is 1. The highest BCUT2D eigenvalue weighted by molar-refractivity contribution is 8.27. The molecular formula is C25H35N3S. The number of hydrogen-bond donors (Lipinski definition) is 0. The van der Waals surface area contributed by atoms with Crippen LogP contribution in [-0.4, -0.2) is 40.2 Å². The van der Waals surface area contributed by atoms with Gasteiger partial charge in [0.15, 0.2) is 0 Å². The molecule has 0 radical (unpaired) electrons. The molecule has 3 nitrogen and oxygen atoms in total. The van der Waals surface area contributed by atoms with E-state index in [9.17, 15) is 0 Å². The van der Waals surface area contributed by atoms with Crippen LogP contribution >= 0.6 is 11.8 Å². The Bertz CT molecular complexity index is 739. The van der Waals surface area contributed by atoms with Crippen LogP contribution in [0, 0.1) is 5.41 Å². The lowest BCUT2D eigenvalue weighted by molar-refractivity contribution is 0.153. The highest BCUT2D eigenvalue weighted by Crippen LogP contribution is 2.53. The van der Waals surface area contributed by atoms with Crippen molar-refractivity contribution in [2.75, 3.05) is 13.1 Å². The molecule has 1 spiro atoms. The van der Waals surface area contributed by atoms with Gasteiger partial charge >= 0.3 is 0 Å². The molecule has 4 aliphatic rings. The second kappa shape index (κ2) is 8.93. The van der Waals surface area contributed by atoms with E-state index < -0.39 is 0 Å². The minimum Gasteiger partial charge on any atom is -0.293 e. The molecule has 1 aromatic rings. The monoisotopic (exact) mass is 409 g/mol. The van der Waals surface area contributed by atoms with Gasteiger partial charge in [-0.15, -0.1) is 0 Å². The van der Waals surface area contributed by atoms with Crippen LogP contribution in [0.1, 0.15) is 77.0 Å². The van der Waals surface area contributed by atoms with Crippen molar-refractivity contribution in [3.05, 3.63) is 30.3 Å². The van der Waals surface area contributed by atoms with Crippen LogP contribution < -0.4 is 0 Å². The van der Waals surface area contributed by atoms with Crippen molar-refractivity contribution in [2.45, 2.75) is 89.1 Å². The average Bonchev–Trinajstić information content (AvgIpc) is 3.38. The molecule has 1 unspecified atom stereocenters. The second-order valence-electron chi connectivity index (χ2n) is 9.48. The van der Waals surface area contributed by atoms with Crippen molar-refractivity contribution in [3.63, 3.8) is 0 Å². The lowest BCUT2D eigenvalue weighted by Gasteiger charge is -2.42. The number of nitrogens with zero attached hydrogens (tertiary/aromatic N) is 3.